The molecular weight excluding hydrogens is 328 g/mol. The molecule has 2 aliphatic heterocycles. The van der Waals surface area contributed by atoms with Gasteiger partial charge in [0.2, 0.25) is 0 Å². The summed E-state index contributed by atoms with van der Waals surface area (Å²) in [6, 6.07) is 1.94. The van der Waals surface area contributed by atoms with E-state index in [2.05, 4.69) is 37.1 Å². The highest BCUT2D eigenvalue weighted by Crippen LogP contribution is 2.11. The molecule has 3 rings (SSSR count). The molecule has 7 heteroatoms. The maximum atomic E-state index is 4.92. The van der Waals surface area contributed by atoms with E-state index in [0.717, 1.165) is 50.9 Å². The molecule has 0 saturated carbocycles. The van der Waals surface area contributed by atoms with Crippen LogP contribution in [0.5, 0.6) is 0 Å². The highest BCUT2D eigenvalue weighted by atomic mass is 16.5. The first-order valence-electron chi connectivity index (χ1n) is 10.0. The van der Waals surface area contributed by atoms with Gasteiger partial charge in [-0.15, -0.1) is 0 Å². The van der Waals surface area contributed by atoms with Crippen molar-refractivity contribution in [2.75, 3.05) is 59.4 Å². The maximum absolute atomic E-state index is 4.92. The number of piperidine rings is 1. The Labute approximate surface area is 157 Å². The molecule has 0 bridgehead atoms. The standard InChI is InChI=1S/C19H34N6O/c1-17(15-23-7-4-3-5-8-23)14-21-19(20-2)25-11-9-24(10-12-25)16-18-6-13-26-22-18/h6,13,17H,3-5,7-12,14-16H2,1-2H3,(H,20,21). The van der Waals surface area contributed by atoms with Crippen molar-refractivity contribution in [3.05, 3.63) is 18.0 Å². The van der Waals surface area contributed by atoms with Gasteiger partial charge in [0.15, 0.2) is 5.96 Å². The lowest BCUT2D eigenvalue weighted by Gasteiger charge is -2.36. The van der Waals surface area contributed by atoms with Crippen molar-refractivity contribution in [3.63, 3.8) is 0 Å². The lowest BCUT2D eigenvalue weighted by Crippen LogP contribution is -2.53. The molecule has 26 heavy (non-hydrogen) atoms. The summed E-state index contributed by atoms with van der Waals surface area (Å²) in [7, 11) is 1.89. The Kier molecular flexibility index (Phi) is 7.32. The molecule has 0 aliphatic carbocycles. The quantitative estimate of drug-likeness (QED) is 0.611. The first-order chi connectivity index (χ1) is 12.7. The van der Waals surface area contributed by atoms with E-state index in [0.29, 0.717) is 5.92 Å². The van der Waals surface area contributed by atoms with E-state index in [1.54, 1.807) is 6.26 Å². The number of nitrogens with zero attached hydrogens (tertiary/aromatic N) is 5. The lowest BCUT2D eigenvalue weighted by atomic mass is 10.1. The number of aromatic nitrogens is 1. The van der Waals surface area contributed by atoms with E-state index < -0.39 is 0 Å². The van der Waals surface area contributed by atoms with E-state index in [9.17, 15) is 0 Å². The average molecular weight is 363 g/mol. The van der Waals surface area contributed by atoms with Gasteiger partial charge in [0.1, 0.15) is 6.26 Å². The summed E-state index contributed by atoms with van der Waals surface area (Å²) in [5, 5.41) is 7.60. The van der Waals surface area contributed by atoms with Crippen molar-refractivity contribution in [2.45, 2.75) is 32.7 Å². The molecule has 0 spiro atoms. The Morgan fingerprint density at radius 2 is 1.92 bits per heavy atom. The number of piperazine rings is 1. The van der Waals surface area contributed by atoms with Gasteiger partial charge in [0.05, 0.1) is 5.69 Å². The fourth-order valence-corrected chi connectivity index (χ4v) is 3.91. The first kappa shape index (κ1) is 19.2. The molecular formula is C19H34N6O. The molecule has 2 fully saturated rings. The zero-order valence-corrected chi connectivity index (χ0v) is 16.4. The summed E-state index contributed by atoms with van der Waals surface area (Å²) < 4.78 is 4.92. The van der Waals surface area contributed by atoms with Gasteiger partial charge in [0.25, 0.3) is 0 Å². The third-order valence-corrected chi connectivity index (χ3v) is 5.39. The summed E-state index contributed by atoms with van der Waals surface area (Å²) in [6.45, 7) is 12.0. The van der Waals surface area contributed by atoms with Gasteiger partial charge in [-0.05, 0) is 31.8 Å². The van der Waals surface area contributed by atoms with E-state index >= 15 is 0 Å². The Hall–Kier alpha value is -1.60. The molecule has 0 aromatic carbocycles. The minimum atomic E-state index is 0.637. The van der Waals surface area contributed by atoms with Crippen molar-refractivity contribution in [1.82, 2.24) is 25.2 Å². The zero-order chi connectivity index (χ0) is 18.2. The molecule has 146 valence electrons. The third-order valence-electron chi connectivity index (χ3n) is 5.39. The largest absolute Gasteiger partial charge is 0.364 e. The minimum Gasteiger partial charge on any atom is -0.364 e. The number of hydrogen-bond donors (Lipinski definition) is 1. The van der Waals surface area contributed by atoms with E-state index in [-0.39, 0.29) is 0 Å². The number of guanidine groups is 1. The topological polar surface area (TPSA) is 60.1 Å². The van der Waals surface area contributed by atoms with Gasteiger partial charge in [-0.25, -0.2) is 0 Å². The van der Waals surface area contributed by atoms with Crippen molar-refractivity contribution in [1.29, 1.82) is 0 Å². The van der Waals surface area contributed by atoms with Crippen LogP contribution in [0.25, 0.3) is 0 Å². The maximum Gasteiger partial charge on any atom is 0.193 e. The van der Waals surface area contributed by atoms with Crippen molar-refractivity contribution in [2.24, 2.45) is 10.9 Å². The number of nitrogens with one attached hydrogen (secondary N) is 1. The highest BCUT2D eigenvalue weighted by molar-refractivity contribution is 5.80. The second kappa shape index (κ2) is 9.92. The van der Waals surface area contributed by atoms with Crippen LogP contribution in [0.15, 0.2) is 21.8 Å². The van der Waals surface area contributed by atoms with Crippen molar-refractivity contribution in [3.8, 4) is 0 Å². The van der Waals surface area contributed by atoms with Crippen LogP contribution in [0.2, 0.25) is 0 Å². The molecule has 2 aliphatic rings. The van der Waals surface area contributed by atoms with Crippen LogP contribution in [0.4, 0.5) is 0 Å². The molecule has 0 radical (unpaired) electrons. The van der Waals surface area contributed by atoms with Crippen molar-refractivity contribution < 1.29 is 4.52 Å². The summed E-state index contributed by atoms with van der Waals surface area (Å²) in [5.41, 5.74) is 1.01. The fraction of sp³-hybridized carbons (Fsp3) is 0.789. The van der Waals surface area contributed by atoms with Gasteiger partial charge < -0.3 is 19.6 Å². The Bertz CT molecular complexity index is 532. The third kappa shape index (κ3) is 5.71. The second-order valence-corrected chi connectivity index (χ2v) is 7.65. The van der Waals surface area contributed by atoms with E-state index in [1.807, 2.05) is 13.1 Å². The smallest absolute Gasteiger partial charge is 0.193 e. The van der Waals surface area contributed by atoms with Crippen LogP contribution in [0.1, 0.15) is 31.9 Å². The predicted octanol–water partition coefficient (Wildman–Crippen LogP) is 1.49. The molecule has 7 nitrogen and oxygen atoms in total. The SMILES string of the molecule is CN=C(NCC(C)CN1CCCCC1)N1CCN(Cc2ccon2)CC1. The highest BCUT2D eigenvalue weighted by Gasteiger charge is 2.21. The Morgan fingerprint density at radius 1 is 1.15 bits per heavy atom. The summed E-state index contributed by atoms with van der Waals surface area (Å²) in [6.07, 6.45) is 5.77. The number of aliphatic imine (C=N–C) groups is 1. The number of hydrogen-bond acceptors (Lipinski definition) is 5. The Balaban J connectivity index is 1.37. The fourth-order valence-electron chi connectivity index (χ4n) is 3.91. The van der Waals surface area contributed by atoms with E-state index in [4.69, 9.17) is 4.52 Å². The molecule has 1 atom stereocenters. The van der Waals surface area contributed by atoms with Crippen LogP contribution in [-0.2, 0) is 6.54 Å². The molecule has 1 N–H and O–H groups in total. The monoisotopic (exact) mass is 362 g/mol. The minimum absolute atomic E-state index is 0.637. The number of rotatable bonds is 6. The molecule has 1 aromatic heterocycles. The van der Waals surface area contributed by atoms with Crippen molar-refractivity contribution >= 4 is 5.96 Å². The summed E-state index contributed by atoms with van der Waals surface area (Å²) in [5.74, 6) is 1.68. The molecule has 2 saturated heterocycles. The second-order valence-electron chi connectivity index (χ2n) is 7.65. The Morgan fingerprint density at radius 3 is 2.58 bits per heavy atom. The van der Waals surface area contributed by atoms with Gasteiger partial charge in [-0.3, -0.25) is 9.89 Å². The molecule has 1 aromatic rings. The van der Waals surface area contributed by atoms with Crippen LogP contribution in [0.3, 0.4) is 0 Å². The summed E-state index contributed by atoms with van der Waals surface area (Å²) in [4.78, 5) is 11.9. The van der Waals surface area contributed by atoms with Gasteiger partial charge in [-0.2, -0.15) is 0 Å². The zero-order valence-electron chi connectivity index (χ0n) is 16.4. The van der Waals surface area contributed by atoms with Crippen LogP contribution >= 0.6 is 0 Å². The summed E-state index contributed by atoms with van der Waals surface area (Å²) >= 11 is 0. The molecule has 1 unspecified atom stereocenters. The first-order valence-corrected chi connectivity index (χ1v) is 10.0. The normalized spacial score (nSPS) is 21.8. The van der Waals surface area contributed by atoms with Crippen LogP contribution in [-0.4, -0.2) is 85.2 Å². The van der Waals surface area contributed by atoms with Crippen LogP contribution in [0, 0.1) is 5.92 Å². The molecule has 3 heterocycles. The van der Waals surface area contributed by atoms with Crippen LogP contribution < -0.4 is 5.32 Å². The number of likely N-dealkylation sites (tertiary alicyclic amines) is 1. The van der Waals surface area contributed by atoms with Gasteiger partial charge >= 0.3 is 0 Å². The van der Waals surface area contributed by atoms with E-state index in [1.165, 1.54) is 38.9 Å². The van der Waals surface area contributed by atoms with Gasteiger partial charge in [-0.1, -0.05) is 18.5 Å². The average Bonchev–Trinajstić information content (AvgIpc) is 3.17. The lowest BCUT2D eigenvalue weighted by molar-refractivity contribution is 0.167. The van der Waals surface area contributed by atoms with Gasteiger partial charge in [0, 0.05) is 58.9 Å². The molecule has 0 amide bonds. The predicted molar refractivity (Wildman–Crippen MR) is 104 cm³/mol.